The summed E-state index contributed by atoms with van der Waals surface area (Å²) in [6.45, 7) is 13.2. The highest BCUT2D eigenvalue weighted by molar-refractivity contribution is 5.97. The largest absolute Gasteiger partial charge is 0.310 e. The van der Waals surface area contributed by atoms with Crippen molar-refractivity contribution in [2.24, 2.45) is 0 Å². The van der Waals surface area contributed by atoms with Crippen LogP contribution in [-0.4, -0.2) is 29.9 Å². The zero-order chi connectivity index (χ0) is 18.9. The molecule has 1 aliphatic rings. The van der Waals surface area contributed by atoms with E-state index in [-0.39, 0.29) is 17.4 Å². The van der Waals surface area contributed by atoms with E-state index in [4.69, 9.17) is 0 Å². The topological polar surface area (TPSA) is 23.6 Å². The lowest BCUT2D eigenvalue weighted by Crippen LogP contribution is -2.55. The Morgan fingerprint density at radius 3 is 2.35 bits per heavy atom. The number of hydrogen-bond acceptors (Lipinski definition) is 2. The average molecular weight is 351 g/mol. The van der Waals surface area contributed by atoms with Crippen LogP contribution >= 0.6 is 0 Å². The van der Waals surface area contributed by atoms with E-state index in [1.165, 1.54) is 16.7 Å². The number of piperazine rings is 1. The molecule has 2 aromatic rings. The predicted molar refractivity (Wildman–Crippen MR) is 109 cm³/mol. The lowest BCUT2D eigenvalue weighted by molar-refractivity contribution is -0.125. The first-order valence-electron chi connectivity index (χ1n) is 9.47. The molecule has 0 bridgehead atoms. The van der Waals surface area contributed by atoms with E-state index in [2.05, 4.69) is 81.1 Å². The van der Waals surface area contributed by atoms with E-state index in [0.29, 0.717) is 0 Å². The molecule has 3 rings (SSSR count). The molecule has 0 unspecified atom stereocenters. The number of nitrogens with zero attached hydrogens (tertiary/aromatic N) is 2. The Kier molecular flexibility index (Phi) is 5.19. The fourth-order valence-corrected chi connectivity index (χ4v) is 3.57. The van der Waals surface area contributed by atoms with E-state index in [1.54, 1.807) is 0 Å². The molecule has 0 spiro atoms. The summed E-state index contributed by atoms with van der Waals surface area (Å²) in [7, 11) is 0. The molecule has 1 aliphatic heterocycles. The van der Waals surface area contributed by atoms with E-state index in [9.17, 15) is 4.79 Å². The van der Waals surface area contributed by atoms with Crippen LogP contribution < -0.4 is 4.90 Å². The van der Waals surface area contributed by atoms with Crippen LogP contribution in [0.15, 0.2) is 48.5 Å². The monoisotopic (exact) mass is 350 g/mol. The number of hydrogen-bond donors (Lipinski definition) is 0. The molecule has 1 atom stereocenters. The summed E-state index contributed by atoms with van der Waals surface area (Å²) in [6, 6.07) is 16.9. The number of carbonyl (C=O) groups excluding carboxylic acids is 1. The molecule has 0 aromatic heterocycles. The van der Waals surface area contributed by atoms with E-state index in [1.807, 2.05) is 11.8 Å². The van der Waals surface area contributed by atoms with Gasteiger partial charge in [-0.15, -0.1) is 0 Å². The molecule has 2 aromatic carbocycles. The molecule has 26 heavy (non-hydrogen) atoms. The minimum Gasteiger partial charge on any atom is -0.310 e. The van der Waals surface area contributed by atoms with Crippen LogP contribution in [0.2, 0.25) is 0 Å². The second kappa shape index (κ2) is 7.24. The number of carbonyl (C=O) groups is 1. The predicted octanol–water partition coefficient (Wildman–Crippen LogP) is 4.53. The minimum atomic E-state index is -0.105. The van der Waals surface area contributed by atoms with Crippen LogP contribution in [0.1, 0.15) is 44.4 Å². The van der Waals surface area contributed by atoms with Crippen molar-refractivity contribution in [3.63, 3.8) is 0 Å². The van der Waals surface area contributed by atoms with Crippen molar-refractivity contribution < 1.29 is 4.79 Å². The summed E-state index contributed by atoms with van der Waals surface area (Å²) in [6.07, 6.45) is 0. The van der Waals surface area contributed by atoms with E-state index < -0.39 is 0 Å². The number of rotatable bonds is 3. The van der Waals surface area contributed by atoms with Crippen LogP contribution in [0, 0.1) is 6.92 Å². The molecule has 138 valence electrons. The molecule has 1 saturated heterocycles. The Hall–Kier alpha value is -2.13. The molecule has 0 saturated carbocycles. The maximum atomic E-state index is 13.0. The van der Waals surface area contributed by atoms with Crippen LogP contribution in [-0.2, 0) is 16.8 Å². The molecule has 3 heteroatoms. The lowest BCUT2D eigenvalue weighted by Gasteiger charge is -2.39. The maximum Gasteiger partial charge on any atom is 0.244 e. The zero-order valence-electron chi connectivity index (χ0n) is 16.6. The fourth-order valence-electron chi connectivity index (χ4n) is 3.57. The molecule has 3 nitrogen and oxygen atoms in total. The third kappa shape index (κ3) is 3.99. The molecule has 0 radical (unpaired) electrons. The Labute approximate surface area is 157 Å². The van der Waals surface area contributed by atoms with Crippen molar-refractivity contribution in [2.75, 3.05) is 18.0 Å². The van der Waals surface area contributed by atoms with Gasteiger partial charge in [0.1, 0.15) is 0 Å². The SMILES string of the molecule is Cc1cccc(CN2CCN(c3ccc(C(C)(C)C)cc3)C(=O)[C@@H]2C)c1. The van der Waals surface area contributed by atoms with Gasteiger partial charge in [-0.25, -0.2) is 0 Å². The molecule has 1 fully saturated rings. The lowest BCUT2D eigenvalue weighted by atomic mass is 9.87. The van der Waals surface area contributed by atoms with Crippen molar-refractivity contribution in [3.8, 4) is 0 Å². The zero-order valence-corrected chi connectivity index (χ0v) is 16.6. The standard InChI is InChI=1S/C23H30N2O/c1-17-7-6-8-19(15-17)16-24-13-14-25(22(26)18(24)2)21-11-9-20(10-12-21)23(3,4)5/h6-12,15,18H,13-14,16H2,1-5H3/t18-/m0/s1. The first-order valence-corrected chi connectivity index (χ1v) is 9.47. The van der Waals surface area contributed by atoms with Crippen molar-refractivity contribution in [1.29, 1.82) is 0 Å². The Balaban J connectivity index is 1.71. The van der Waals surface area contributed by atoms with Crippen molar-refractivity contribution in [2.45, 2.75) is 52.6 Å². The van der Waals surface area contributed by atoms with Gasteiger partial charge >= 0.3 is 0 Å². The van der Waals surface area contributed by atoms with Gasteiger partial charge in [-0.05, 0) is 42.5 Å². The van der Waals surface area contributed by atoms with Crippen LogP contribution in [0.3, 0.4) is 0 Å². The van der Waals surface area contributed by atoms with Crippen LogP contribution in [0.4, 0.5) is 5.69 Å². The van der Waals surface area contributed by atoms with Gasteiger partial charge in [-0.2, -0.15) is 0 Å². The van der Waals surface area contributed by atoms with Gasteiger partial charge < -0.3 is 4.90 Å². The number of aryl methyl sites for hydroxylation is 1. The number of benzene rings is 2. The van der Waals surface area contributed by atoms with Crippen LogP contribution in [0.5, 0.6) is 0 Å². The quantitative estimate of drug-likeness (QED) is 0.812. The second-order valence-electron chi connectivity index (χ2n) is 8.42. The summed E-state index contributed by atoms with van der Waals surface area (Å²) in [5.74, 6) is 0.187. The normalized spacial score (nSPS) is 19.0. The maximum absolute atomic E-state index is 13.0. The Morgan fingerprint density at radius 1 is 1.04 bits per heavy atom. The highest BCUT2D eigenvalue weighted by Crippen LogP contribution is 2.27. The first kappa shape index (κ1) is 18.7. The van der Waals surface area contributed by atoms with E-state index in [0.717, 1.165) is 25.3 Å². The summed E-state index contributed by atoms with van der Waals surface area (Å²) in [5.41, 5.74) is 4.96. The minimum absolute atomic E-state index is 0.105. The molecule has 1 amide bonds. The highest BCUT2D eigenvalue weighted by Gasteiger charge is 2.32. The Morgan fingerprint density at radius 2 is 1.73 bits per heavy atom. The second-order valence-corrected chi connectivity index (χ2v) is 8.42. The van der Waals surface area contributed by atoms with Gasteiger partial charge in [-0.1, -0.05) is 62.7 Å². The van der Waals surface area contributed by atoms with Gasteiger partial charge in [0.05, 0.1) is 6.04 Å². The van der Waals surface area contributed by atoms with Crippen molar-refractivity contribution in [3.05, 3.63) is 65.2 Å². The number of anilines is 1. The molecule has 0 N–H and O–H groups in total. The molecular weight excluding hydrogens is 320 g/mol. The summed E-state index contributed by atoms with van der Waals surface area (Å²) in [4.78, 5) is 17.2. The van der Waals surface area contributed by atoms with E-state index >= 15 is 0 Å². The van der Waals surface area contributed by atoms with Gasteiger partial charge in [0, 0.05) is 25.3 Å². The molecular formula is C23H30N2O. The van der Waals surface area contributed by atoms with Gasteiger partial charge in [0.15, 0.2) is 0 Å². The van der Waals surface area contributed by atoms with Crippen LogP contribution in [0.25, 0.3) is 0 Å². The third-order valence-corrected chi connectivity index (χ3v) is 5.30. The Bertz CT molecular complexity index is 774. The van der Waals surface area contributed by atoms with Gasteiger partial charge in [0.25, 0.3) is 0 Å². The smallest absolute Gasteiger partial charge is 0.244 e. The summed E-state index contributed by atoms with van der Waals surface area (Å²) < 4.78 is 0. The first-order chi connectivity index (χ1) is 12.3. The van der Waals surface area contributed by atoms with Crippen molar-refractivity contribution >= 4 is 11.6 Å². The average Bonchev–Trinajstić information content (AvgIpc) is 2.59. The summed E-state index contributed by atoms with van der Waals surface area (Å²) in [5, 5.41) is 0. The van der Waals surface area contributed by atoms with Gasteiger partial charge in [-0.3, -0.25) is 9.69 Å². The van der Waals surface area contributed by atoms with Gasteiger partial charge in [0.2, 0.25) is 5.91 Å². The van der Waals surface area contributed by atoms with Crippen molar-refractivity contribution in [1.82, 2.24) is 4.90 Å². The number of amides is 1. The molecule has 0 aliphatic carbocycles. The fraction of sp³-hybridized carbons (Fsp3) is 0.435. The summed E-state index contributed by atoms with van der Waals surface area (Å²) >= 11 is 0. The highest BCUT2D eigenvalue weighted by atomic mass is 16.2. The molecule has 1 heterocycles. The third-order valence-electron chi connectivity index (χ3n) is 5.30.